The zero-order chi connectivity index (χ0) is 16.1. The average Bonchev–Trinajstić information content (AvgIpc) is 2.37. The van der Waals surface area contributed by atoms with Crippen LogP contribution in [-0.4, -0.2) is 72.4 Å². The van der Waals surface area contributed by atoms with Crippen molar-refractivity contribution in [1.29, 1.82) is 0 Å². The predicted octanol–water partition coefficient (Wildman–Crippen LogP) is 1.64. The highest BCUT2D eigenvalue weighted by Crippen LogP contribution is 2.18. The molecule has 1 aliphatic rings. The molecule has 1 saturated heterocycles. The molecule has 0 atom stereocenters. The summed E-state index contributed by atoms with van der Waals surface area (Å²) >= 11 is 5.09. The van der Waals surface area contributed by atoms with Gasteiger partial charge < -0.3 is 15.4 Å². The van der Waals surface area contributed by atoms with Crippen LogP contribution < -0.4 is 5.73 Å². The molecule has 124 valence electrons. The highest BCUT2D eigenvalue weighted by Gasteiger charge is 2.32. The van der Waals surface area contributed by atoms with Crippen molar-refractivity contribution < 1.29 is 17.9 Å². The van der Waals surface area contributed by atoms with Crippen molar-refractivity contribution in [2.75, 3.05) is 45.9 Å². The molecule has 0 unspecified atom stereocenters. The van der Waals surface area contributed by atoms with Gasteiger partial charge in [-0.05, 0) is 20.3 Å². The number of piperazine rings is 1. The lowest BCUT2D eigenvalue weighted by Gasteiger charge is -2.43. The van der Waals surface area contributed by atoms with Crippen LogP contribution in [0.15, 0.2) is 0 Å². The van der Waals surface area contributed by atoms with Gasteiger partial charge in [0.2, 0.25) is 0 Å². The van der Waals surface area contributed by atoms with Crippen molar-refractivity contribution >= 4 is 17.2 Å². The molecule has 0 aromatic rings. The summed E-state index contributed by atoms with van der Waals surface area (Å²) in [5.41, 5.74) is 5.46. The van der Waals surface area contributed by atoms with Gasteiger partial charge >= 0.3 is 6.18 Å². The summed E-state index contributed by atoms with van der Waals surface area (Å²) in [4.78, 5) is 4.95. The quantitative estimate of drug-likeness (QED) is 0.569. The SMILES string of the molecule is CC(C)(C(N)=S)N1CCN(CCCOCC(F)(F)F)CC1. The molecule has 1 fully saturated rings. The first-order chi connectivity index (χ1) is 9.63. The van der Waals surface area contributed by atoms with Crippen molar-refractivity contribution in [2.45, 2.75) is 32.0 Å². The molecule has 0 aromatic heterocycles. The Labute approximate surface area is 129 Å². The van der Waals surface area contributed by atoms with Crippen LogP contribution in [0.4, 0.5) is 13.2 Å². The van der Waals surface area contributed by atoms with E-state index in [1.807, 2.05) is 13.8 Å². The van der Waals surface area contributed by atoms with E-state index in [0.717, 1.165) is 32.7 Å². The van der Waals surface area contributed by atoms with E-state index in [0.29, 0.717) is 11.4 Å². The van der Waals surface area contributed by atoms with Crippen LogP contribution in [0, 0.1) is 0 Å². The van der Waals surface area contributed by atoms with Gasteiger partial charge in [-0.25, -0.2) is 0 Å². The maximum absolute atomic E-state index is 11.9. The van der Waals surface area contributed by atoms with E-state index in [4.69, 9.17) is 18.0 Å². The van der Waals surface area contributed by atoms with Crippen molar-refractivity contribution in [2.24, 2.45) is 5.73 Å². The fourth-order valence-electron chi connectivity index (χ4n) is 2.26. The first-order valence-electron chi connectivity index (χ1n) is 7.05. The minimum atomic E-state index is -4.24. The molecule has 0 spiro atoms. The van der Waals surface area contributed by atoms with Gasteiger partial charge in [-0.1, -0.05) is 12.2 Å². The Balaban J connectivity index is 2.18. The van der Waals surface area contributed by atoms with E-state index in [-0.39, 0.29) is 12.1 Å². The number of ether oxygens (including phenoxy) is 1. The van der Waals surface area contributed by atoms with Crippen LogP contribution in [-0.2, 0) is 4.74 Å². The number of hydrogen-bond donors (Lipinski definition) is 1. The lowest BCUT2D eigenvalue weighted by atomic mass is 10.0. The molecule has 1 aliphatic heterocycles. The molecule has 0 radical (unpaired) electrons. The average molecular weight is 327 g/mol. The monoisotopic (exact) mass is 327 g/mol. The summed E-state index contributed by atoms with van der Waals surface area (Å²) in [6.07, 6.45) is -3.63. The van der Waals surface area contributed by atoms with Crippen molar-refractivity contribution in [3.63, 3.8) is 0 Å². The zero-order valence-electron chi connectivity index (χ0n) is 12.6. The minimum Gasteiger partial charge on any atom is -0.392 e. The van der Waals surface area contributed by atoms with E-state index < -0.39 is 12.8 Å². The van der Waals surface area contributed by atoms with E-state index in [1.165, 1.54) is 0 Å². The number of halogens is 3. The first kappa shape index (κ1) is 18.6. The van der Waals surface area contributed by atoms with Gasteiger partial charge in [0.25, 0.3) is 0 Å². The van der Waals surface area contributed by atoms with Gasteiger partial charge in [0.1, 0.15) is 6.61 Å². The third kappa shape index (κ3) is 6.46. The number of nitrogens with zero attached hydrogens (tertiary/aromatic N) is 2. The molecule has 0 amide bonds. The third-order valence-corrected chi connectivity index (χ3v) is 4.29. The van der Waals surface area contributed by atoms with Crippen LogP contribution in [0.3, 0.4) is 0 Å². The smallest absolute Gasteiger partial charge is 0.392 e. The van der Waals surface area contributed by atoms with E-state index >= 15 is 0 Å². The van der Waals surface area contributed by atoms with Crippen molar-refractivity contribution in [3.05, 3.63) is 0 Å². The molecular weight excluding hydrogens is 303 g/mol. The molecule has 8 heteroatoms. The standard InChI is InChI=1S/C13H24F3N3OS/c1-12(2,11(17)21)19-7-5-18(6-8-19)4-3-9-20-10-13(14,15)16/h3-10H2,1-2H3,(H2,17,21). The highest BCUT2D eigenvalue weighted by atomic mass is 32.1. The first-order valence-corrected chi connectivity index (χ1v) is 7.45. The van der Waals surface area contributed by atoms with Crippen molar-refractivity contribution in [1.82, 2.24) is 9.80 Å². The number of alkyl halides is 3. The van der Waals surface area contributed by atoms with Gasteiger partial charge in [0.15, 0.2) is 0 Å². The van der Waals surface area contributed by atoms with E-state index in [9.17, 15) is 13.2 Å². The van der Waals surface area contributed by atoms with Crippen LogP contribution in [0.1, 0.15) is 20.3 Å². The fourth-order valence-corrected chi connectivity index (χ4v) is 2.39. The predicted molar refractivity (Wildman–Crippen MR) is 80.4 cm³/mol. The van der Waals surface area contributed by atoms with Crippen LogP contribution >= 0.6 is 12.2 Å². The van der Waals surface area contributed by atoms with Crippen LogP contribution in [0.25, 0.3) is 0 Å². The maximum Gasteiger partial charge on any atom is 0.411 e. The zero-order valence-corrected chi connectivity index (χ0v) is 13.4. The third-order valence-electron chi connectivity index (χ3n) is 3.79. The summed E-state index contributed by atoms with van der Waals surface area (Å²) in [5, 5.41) is 0. The number of hydrogen-bond acceptors (Lipinski definition) is 4. The van der Waals surface area contributed by atoms with Gasteiger partial charge in [0, 0.05) is 39.3 Å². The normalized spacial score (nSPS) is 18.9. The van der Waals surface area contributed by atoms with Crippen LogP contribution in [0.2, 0.25) is 0 Å². The summed E-state index contributed by atoms with van der Waals surface area (Å²) < 4.78 is 40.3. The number of thiocarbonyl (C=S) groups is 1. The Bertz CT molecular complexity index is 342. The molecular formula is C13H24F3N3OS. The van der Waals surface area contributed by atoms with Gasteiger partial charge in [0.05, 0.1) is 10.5 Å². The van der Waals surface area contributed by atoms with E-state index in [2.05, 4.69) is 14.5 Å². The summed E-state index contributed by atoms with van der Waals surface area (Å²) in [6, 6.07) is 0. The van der Waals surface area contributed by atoms with Crippen LogP contribution in [0.5, 0.6) is 0 Å². The van der Waals surface area contributed by atoms with Gasteiger partial charge in [-0.2, -0.15) is 13.2 Å². The molecule has 0 aromatic carbocycles. The Kier molecular flexibility index (Phi) is 6.83. The minimum absolute atomic E-state index is 0.137. The Morgan fingerprint density at radius 2 is 1.76 bits per heavy atom. The molecule has 0 bridgehead atoms. The highest BCUT2D eigenvalue weighted by molar-refractivity contribution is 7.80. The fraction of sp³-hybridized carbons (Fsp3) is 0.923. The molecule has 1 rings (SSSR count). The van der Waals surface area contributed by atoms with Gasteiger partial charge in [-0.3, -0.25) is 4.90 Å². The lowest BCUT2D eigenvalue weighted by Crippen LogP contribution is -2.59. The Morgan fingerprint density at radius 1 is 1.19 bits per heavy atom. The summed E-state index contributed by atoms with van der Waals surface area (Å²) in [7, 11) is 0. The maximum atomic E-state index is 11.9. The molecule has 0 saturated carbocycles. The van der Waals surface area contributed by atoms with Crippen molar-refractivity contribution in [3.8, 4) is 0 Å². The van der Waals surface area contributed by atoms with E-state index in [1.54, 1.807) is 0 Å². The number of rotatable bonds is 7. The largest absolute Gasteiger partial charge is 0.411 e. The molecule has 0 aliphatic carbocycles. The number of nitrogens with two attached hydrogens (primary N) is 1. The molecule has 4 nitrogen and oxygen atoms in total. The summed E-state index contributed by atoms with van der Waals surface area (Å²) in [5.74, 6) is 0. The Morgan fingerprint density at radius 3 is 2.24 bits per heavy atom. The summed E-state index contributed by atoms with van der Waals surface area (Å²) in [6.45, 7) is 7.18. The molecule has 1 heterocycles. The molecule has 21 heavy (non-hydrogen) atoms. The second-order valence-electron chi connectivity index (χ2n) is 5.77. The Hall–Kier alpha value is -0.440. The second kappa shape index (κ2) is 7.71. The lowest BCUT2D eigenvalue weighted by molar-refractivity contribution is -0.174. The van der Waals surface area contributed by atoms with Gasteiger partial charge in [-0.15, -0.1) is 0 Å². The topological polar surface area (TPSA) is 41.7 Å². The second-order valence-corrected chi connectivity index (χ2v) is 6.21. The molecule has 2 N–H and O–H groups in total.